The SMILES string of the molecule is NCc1ccc(-c2cccc(CN3CCOCC3)c2)cc1. The zero-order chi connectivity index (χ0) is 14.5. The molecule has 2 N–H and O–H groups in total. The molecule has 0 atom stereocenters. The maximum atomic E-state index is 5.65. The van der Waals surface area contributed by atoms with Gasteiger partial charge in [-0.25, -0.2) is 0 Å². The van der Waals surface area contributed by atoms with Crippen molar-refractivity contribution < 1.29 is 4.74 Å². The van der Waals surface area contributed by atoms with E-state index in [4.69, 9.17) is 10.5 Å². The fraction of sp³-hybridized carbons (Fsp3) is 0.333. The van der Waals surface area contributed by atoms with Gasteiger partial charge in [0, 0.05) is 26.2 Å². The molecular formula is C18H22N2O. The van der Waals surface area contributed by atoms with Crippen molar-refractivity contribution in [2.75, 3.05) is 26.3 Å². The van der Waals surface area contributed by atoms with Gasteiger partial charge in [0.05, 0.1) is 13.2 Å². The van der Waals surface area contributed by atoms with E-state index in [0.29, 0.717) is 6.54 Å². The van der Waals surface area contributed by atoms with E-state index < -0.39 is 0 Å². The summed E-state index contributed by atoms with van der Waals surface area (Å²) in [5.74, 6) is 0. The van der Waals surface area contributed by atoms with Crippen LogP contribution in [0.1, 0.15) is 11.1 Å². The lowest BCUT2D eigenvalue weighted by Gasteiger charge is -2.26. The predicted molar refractivity (Wildman–Crippen MR) is 85.9 cm³/mol. The second-order valence-electron chi connectivity index (χ2n) is 5.49. The highest BCUT2D eigenvalue weighted by Crippen LogP contribution is 2.21. The molecule has 0 spiro atoms. The van der Waals surface area contributed by atoms with E-state index in [9.17, 15) is 0 Å². The minimum atomic E-state index is 0.595. The van der Waals surface area contributed by atoms with Crippen LogP contribution in [0.15, 0.2) is 48.5 Å². The Morgan fingerprint density at radius 1 is 0.905 bits per heavy atom. The lowest BCUT2D eigenvalue weighted by Crippen LogP contribution is -2.35. The zero-order valence-electron chi connectivity index (χ0n) is 12.3. The van der Waals surface area contributed by atoms with Gasteiger partial charge in [-0.2, -0.15) is 0 Å². The number of hydrogen-bond acceptors (Lipinski definition) is 3. The summed E-state index contributed by atoms with van der Waals surface area (Å²) in [6.07, 6.45) is 0. The largest absolute Gasteiger partial charge is 0.379 e. The van der Waals surface area contributed by atoms with Crippen molar-refractivity contribution >= 4 is 0 Å². The molecular weight excluding hydrogens is 260 g/mol. The zero-order valence-corrected chi connectivity index (χ0v) is 12.3. The fourth-order valence-electron chi connectivity index (χ4n) is 2.70. The van der Waals surface area contributed by atoms with Gasteiger partial charge >= 0.3 is 0 Å². The second-order valence-corrected chi connectivity index (χ2v) is 5.49. The molecule has 0 amide bonds. The molecule has 3 heteroatoms. The number of nitrogens with zero attached hydrogens (tertiary/aromatic N) is 1. The number of nitrogens with two attached hydrogens (primary N) is 1. The molecule has 0 radical (unpaired) electrons. The summed E-state index contributed by atoms with van der Waals surface area (Å²) < 4.78 is 5.40. The monoisotopic (exact) mass is 282 g/mol. The molecule has 21 heavy (non-hydrogen) atoms. The van der Waals surface area contributed by atoms with Crippen LogP contribution >= 0.6 is 0 Å². The summed E-state index contributed by atoms with van der Waals surface area (Å²) >= 11 is 0. The van der Waals surface area contributed by atoms with Crippen LogP contribution in [0.3, 0.4) is 0 Å². The van der Waals surface area contributed by atoms with E-state index >= 15 is 0 Å². The minimum Gasteiger partial charge on any atom is -0.379 e. The molecule has 3 nitrogen and oxygen atoms in total. The number of ether oxygens (including phenoxy) is 1. The van der Waals surface area contributed by atoms with Crippen molar-refractivity contribution in [2.24, 2.45) is 5.73 Å². The summed E-state index contributed by atoms with van der Waals surface area (Å²) in [5, 5.41) is 0. The number of hydrogen-bond donors (Lipinski definition) is 1. The Bertz CT molecular complexity index is 574. The molecule has 2 aromatic carbocycles. The van der Waals surface area contributed by atoms with Gasteiger partial charge in [0.15, 0.2) is 0 Å². The lowest BCUT2D eigenvalue weighted by atomic mass is 10.0. The molecule has 0 saturated carbocycles. The Hall–Kier alpha value is -1.68. The minimum absolute atomic E-state index is 0.595. The smallest absolute Gasteiger partial charge is 0.0594 e. The molecule has 1 aliphatic rings. The highest BCUT2D eigenvalue weighted by molar-refractivity contribution is 5.64. The first-order valence-electron chi connectivity index (χ1n) is 7.53. The van der Waals surface area contributed by atoms with E-state index in [1.54, 1.807) is 0 Å². The normalized spacial score (nSPS) is 16.0. The highest BCUT2D eigenvalue weighted by atomic mass is 16.5. The molecule has 2 aromatic rings. The second kappa shape index (κ2) is 6.85. The Labute approximate surface area is 126 Å². The van der Waals surface area contributed by atoms with E-state index in [1.165, 1.54) is 22.3 Å². The Kier molecular flexibility index (Phi) is 4.65. The molecule has 0 aliphatic carbocycles. The average molecular weight is 282 g/mol. The summed E-state index contributed by atoms with van der Waals surface area (Å²) in [7, 11) is 0. The number of benzene rings is 2. The van der Waals surface area contributed by atoms with Crippen molar-refractivity contribution in [3.05, 3.63) is 59.7 Å². The van der Waals surface area contributed by atoms with Crippen molar-refractivity contribution in [1.82, 2.24) is 4.90 Å². The van der Waals surface area contributed by atoms with Gasteiger partial charge in [0.25, 0.3) is 0 Å². The molecule has 0 aromatic heterocycles. The van der Waals surface area contributed by atoms with Gasteiger partial charge in [-0.3, -0.25) is 4.90 Å². The molecule has 0 bridgehead atoms. The molecule has 1 saturated heterocycles. The molecule has 1 aliphatic heterocycles. The van der Waals surface area contributed by atoms with Crippen LogP contribution in [0.2, 0.25) is 0 Å². The third-order valence-electron chi connectivity index (χ3n) is 3.96. The van der Waals surface area contributed by atoms with E-state index in [-0.39, 0.29) is 0 Å². The van der Waals surface area contributed by atoms with Crippen molar-refractivity contribution in [3.8, 4) is 11.1 Å². The Balaban J connectivity index is 1.75. The highest BCUT2D eigenvalue weighted by Gasteiger charge is 2.10. The van der Waals surface area contributed by atoms with Crippen LogP contribution < -0.4 is 5.73 Å². The van der Waals surface area contributed by atoms with Crippen molar-refractivity contribution in [2.45, 2.75) is 13.1 Å². The van der Waals surface area contributed by atoms with Gasteiger partial charge in [0.1, 0.15) is 0 Å². The van der Waals surface area contributed by atoms with E-state index in [2.05, 4.69) is 53.4 Å². The Morgan fingerprint density at radius 3 is 2.38 bits per heavy atom. The number of rotatable bonds is 4. The third kappa shape index (κ3) is 3.70. The average Bonchev–Trinajstić information content (AvgIpc) is 2.56. The lowest BCUT2D eigenvalue weighted by molar-refractivity contribution is 0.0342. The molecule has 110 valence electrons. The molecule has 0 unspecified atom stereocenters. The van der Waals surface area contributed by atoms with Gasteiger partial charge in [0.2, 0.25) is 0 Å². The van der Waals surface area contributed by atoms with Gasteiger partial charge < -0.3 is 10.5 Å². The topological polar surface area (TPSA) is 38.5 Å². The standard InChI is InChI=1S/C18H22N2O/c19-13-15-4-6-17(7-5-15)18-3-1-2-16(12-18)14-20-8-10-21-11-9-20/h1-7,12H,8-11,13-14,19H2. The molecule has 3 rings (SSSR count). The predicted octanol–water partition coefficient (Wildman–Crippen LogP) is 2.64. The van der Waals surface area contributed by atoms with Crippen LogP contribution in [0.25, 0.3) is 11.1 Å². The quantitative estimate of drug-likeness (QED) is 0.937. The van der Waals surface area contributed by atoms with Gasteiger partial charge in [-0.15, -0.1) is 0 Å². The molecule has 1 fully saturated rings. The summed E-state index contributed by atoms with van der Waals surface area (Å²) in [4.78, 5) is 2.44. The van der Waals surface area contributed by atoms with E-state index in [0.717, 1.165) is 32.8 Å². The van der Waals surface area contributed by atoms with Crippen LogP contribution in [0.4, 0.5) is 0 Å². The van der Waals surface area contributed by atoms with Crippen LogP contribution in [0.5, 0.6) is 0 Å². The third-order valence-corrected chi connectivity index (χ3v) is 3.96. The fourth-order valence-corrected chi connectivity index (χ4v) is 2.70. The van der Waals surface area contributed by atoms with Crippen LogP contribution in [0, 0.1) is 0 Å². The first-order chi connectivity index (χ1) is 10.3. The maximum Gasteiger partial charge on any atom is 0.0594 e. The first-order valence-corrected chi connectivity index (χ1v) is 7.53. The summed E-state index contributed by atoms with van der Waals surface area (Å²) in [5.41, 5.74) is 10.7. The first kappa shape index (κ1) is 14.3. The van der Waals surface area contributed by atoms with Gasteiger partial charge in [-0.1, -0.05) is 42.5 Å². The summed E-state index contributed by atoms with van der Waals surface area (Å²) in [6.45, 7) is 5.33. The number of morpholine rings is 1. The van der Waals surface area contributed by atoms with Gasteiger partial charge in [-0.05, 0) is 28.3 Å². The van der Waals surface area contributed by atoms with Crippen molar-refractivity contribution in [3.63, 3.8) is 0 Å². The maximum absolute atomic E-state index is 5.65. The Morgan fingerprint density at radius 2 is 1.67 bits per heavy atom. The van der Waals surface area contributed by atoms with Crippen LogP contribution in [-0.4, -0.2) is 31.2 Å². The van der Waals surface area contributed by atoms with Crippen LogP contribution in [-0.2, 0) is 17.8 Å². The summed E-state index contributed by atoms with van der Waals surface area (Å²) in [6, 6.07) is 17.3. The van der Waals surface area contributed by atoms with E-state index in [1.807, 2.05) is 0 Å². The molecule has 1 heterocycles. The van der Waals surface area contributed by atoms with Crippen molar-refractivity contribution in [1.29, 1.82) is 0 Å².